The molecule has 0 aliphatic carbocycles. The summed E-state index contributed by atoms with van der Waals surface area (Å²) in [4.78, 5) is 11.4. The second-order valence-electron chi connectivity index (χ2n) is 4.05. The molecule has 1 rings (SSSR count). The summed E-state index contributed by atoms with van der Waals surface area (Å²) in [5, 5.41) is 19.8. The van der Waals surface area contributed by atoms with E-state index in [1.165, 1.54) is 0 Å². The summed E-state index contributed by atoms with van der Waals surface area (Å²) in [6, 6.07) is 8.91. The van der Waals surface area contributed by atoms with Crippen molar-refractivity contribution in [1.82, 2.24) is 5.32 Å². The van der Waals surface area contributed by atoms with E-state index in [0.29, 0.717) is 12.0 Å². The third kappa shape index (κ3) is 4.95. The smallest absolute Gasteiger partial charge is 0.221 e. The molecule has 0 saturated carbocycles. The monoisotopic (exact) mass is 247 g/mol. The van der Waals surface area contributed by atoms with Crippen molar-refractivity contribution in [2.45, 2.75) is 18.9 Å². The molecule has 96 valence electrons. The molecule has 1 atom stereocenters. The maximum absolute atomic E-state index is 11.4. The molecule has 0 aliphatic rings. The minimum atomic E-state index is -0.267. The Morgan fingerprint density at radius 1 is 1.44 bits per heavy atom. The van der Waals surface area contributed by atoms with Gasteiger partial charge in [0.25, 0.3) is 0 Å². The Balaban J connectivity index is 2.41. The van der Waals surface area contributed by atoms with Crippen LogP contribution in [0.2, 0.25) is 0 Å². The Kier molecular flexibility index (Phi) is 5.85. The molecule has 0 unspecified atom stereocenters. The number of nitrogens with zero attached hydrogens (tertiary/aromatic N) is 1. The van der Waals surface area contributed by atoms with Crippen molar-refractivity contribution in [3.05, 3.63) is 35.4 Å². The van der Waals surface area contributed by atoms with Gasteiger partial charge in [0.15, 0.2) is 0 Å². The second kappa shape index (κ2) is 7.43. The van der Waals surface area contributed by atoms with Crippen molar-refractivity contribution in [2.75, 3.05) is 13.2 Å². The Labute approximate surface area is 106 Å². The van der Waals surface area contributed by atoms with Crippen molar-refractivity contribution < 1.29 is 9.90 Å². The number of carbonyl (C=O) groups is 1. The van der Waals surface area contributed by atoms with Gasteiger partial charge in [-0.1, -0.05) is 12.1 Å². The van der Waals surface area contributed by atoms with E-state index in [1.807, 2.05) is 18.2 Å². The molecule has 0 radical (unpaired) electrons. The predicted octanol–water partition coefficient (Wildman–Crippen LogP) is -0.0733. The molecule has 0 heterocycles. The van der Waals surface area contributed by atoms with Crippen LogP contribution in [-0.2, 0) is 11.2 Å². The van der Waals surface area contributed by atoms with E-state index >= 15 is 0 Å². The van der Waals surface area contributed by atoms with Crippen molar-refractivity contribution in [3.8, 4) is 6.07 Å². The standard InChI is InChI=1S/C13H17N3O2/c14-9-11-3-1-10(2-4-11)7-12(15)8-13(18)16-5-6-17/h1-4,12,17H,5-8,15H2,(H,16,18)/t12-/m1/s1. The highest BCUT2D eigenvalue weighted by Gasteiger charge is 2.09. The van der Waals surface area contributed by atoms with Crippen LogP contribution in [0, 0.1) is 11.3 Å². The molecule has 18 heavy (non-hydrogen) atoms. The van der Waals surface area contributed by atoms with Crippen molar-refractivity contribution >= 4 is 5.91 Å². The number of hydrogen-bond acceptors (Lipinski definition) is 4. The third-order valence-electron chi connectivity index (χ3n) is 2.46. The Morgan fingerprint density at radius 3 is 2.67 bits per heavy atom. The molecule has 1 amide bonds. The second-order valence-corrected chi connectivity index (χ2v) is 4.05. The van der Waals surface area contributed by atoms with Crippen LogP contribution in [0.1, 0.15) is 17.5 Å². The number of carbonyl (C=O) groups excluding carboxylic acids is 1. The van der Waals surface area contributed by atoms with E-state index in [1.54, 1.807) is 12.1 Å². The van der Waals surface area contributed by atoms with Crippen LogP contribution >= 0.6 is 0 Å². The molecule has 0 spiro atoms. The summed E-state index contributed by atoms with van der Waals surface area (Å²) in [6.45, 7) is 0.180. The lowest BCUT2D eigenvalue weighted by atomic mass is 10.0. The van der Waals surface area contributed by atoms with Crippen molar-refractivity contribution in [2.24, 2.45) is 5.73 Å². The molecule has 0 aromatic heterocycles. The summed E-state index contributed by atoms with van der Waals surface area (Å²) >= 11 is 0. The number of nitriles is 1. The normalized spacial score (nSPS) is 11.6. The van der Waals surface area contributed by atoms with Crippen molar-refractivity contribution in [3.63, 3.8) is 0 Å². The van der Waals surface area contributed by atoms with Gasteiger partial charge in [0.05, 0.1) is 18.2 Å². The zero-order valence-corrected chi connectivity index (χ0v) is 10.1. The molecular weight excluding hydrogens is 230 g/mol. The van der Waals surface area contributed by atoms with Gasteiger partial charge in [-0.15, -0.1) is 0 Å². The number of aliphatic hydroxyl groups excluding tert-OH is 1. The zero-order chi connectivity index (χ0) is 13.4. The highest BCUT2D eigenvalue weighted by molar-refractivity contribution is 5.76. The van der Waals surface area contributed by atoms with E-state index < -0.39 is 0 Å². The van der Waals surface area contributed by atoms with Gasteiger partial charge in [0.2, 0.25) is 5.91 Å². The number of nitrogens with one attached hydrogen (secondary N) is 1. The molecule has 0 aliphatic heterocycles. The van der Waals surface area contributed by atoms with Gasteiger partial charge < -0.3 is 16.2 Å². The number of hydrogen-bond donors (Lipinski definition) is 3. The number of amides is 1. The average Bonchev–Trinajstić information content (AvgIpc) is 2.37. The maximum atomic E-state index is 11.4. The molecule has 1 aromatic carbocycles. The fraction of sp³-hybridized carbons (Fsp3) is 0.385. The van der Waals surface area contributed by atoms with Gasteiger partial charge in [0.1, 0.15) is 0 Å². The summed E-state index contributed by atoms with van der Waals surface area (Å²) in [5.74, 6) is -0.162. The van der Waals surface area contributed by atoms with E-state index in [-0.39, 0.29) is 31.5 Å². The minimum Gasteiger partial charge on any atom is -0.395 e. The topological polar surface area (TPSA) is 99.1 Å². The Hall–Kier alpha value is -1.90. The Morgan fingerprint density at radius 2 is 2.11 bits per heavy atom. The SMILES string of the molecule is N#Cc1ccc(C[C@@H](N)CC(=O)NCCO)cc1. The largest absolute Gasteiger partial charge is 0.395 e. The highest BCUT2D eigenvalue weighted by atomic mass is 16.3. The van der Waals surface area contributed by atoms with Crippen LogP contribution in [0.5, 0.6) is 0 Å². The summed E-state index contributed by atoms with van der Waals surface area (Å²) in [6.07, 6.45) is 0.804. The fourth-order valence-electron chi connectivity index (χ4n) is 1.60. The highest BCUT2D eigenvalue weighted by Crippen LogP contribution is 2.07. The van der Waals surface area contributed by atoms with Crippen LogP contribution in [0.15, 0.2) is 24.3 Å². The summed E-state index contributed by atoms with van der Waals surface area (Å²) < 4.78 is 0. The van der Waals surface area contributed by atoms with E-state index in [2.05, 4.69) is 5.32 Å². The summed E-state index contributed by atoms with van der Waals surface area (Å²) in [7, 11) is 0. The zero-order valence-electron chi connectivity index (χ0n) is 10.1. The molecule has 0 saturated heterocycles. The van der Waals surface area contributed by atoms with Crippen LogP contribution in [-0.4, -0.2) is 30.2 Å². The van der Waals surface area contributed by atoms with Gasteiger partial charge in [-0.25, -0.2) is 0 Å². The first-order valence-corrected chi connectivity index (χ1v) is 5.78. The number of benzene rings is 1. The number of nitrogens with two attached hydrogens (primary N) is 1. The molecule has 5 nitrogen and oxygen atoms in total. The van der Waals surface area contributed by atoms with Crippen LogP contribution in [0.4, 0.5) is 0 Å². The lowest BCUT2D eigenvalue weighted by molar-refractivity contribution is -0.121. The first-order valence-electron chi connectivity index (χ1n) is 5.78. The van der Waals surface area contributed by atoms with E-state index in [0.717, 1.165) is 5.56 Å². The molecule has 1 aromatic rings. The molecule has 0 bridgehead atoms. The average molecular weight is 247 g/mol. The van der Waals surface area contributed by atoms with Gasteiger partial charge in [-0.3, -0.25) is 4.79 Å². The Bertz CT molecular complexity index is 423. The fourth-order valence-corrected chi connectivity index (χ4v) is 1.60. The molecule has 4 N–H and O–H groups in total. The third-order valence-corrected chi connectivity index (χ3v) is 2.46. The minimum absolute atomic E-state index is 0.0728. The van der Waals surface area contributed by atoms with Gasteiger partial charge in [-0.2, -0.15) is 5.26 Å². The lowest BCUT2D eigenvalue weighted by Gasteiger charge is -2.11. The maximum Gasteiger partial charge on any atom is 0.221 e. The van der Waals surface area contributed by atoms with Gasteiger partial charge in [-0.05, 0) is 24.1 Å². The van der Waals surface area contributed by atoms with E-state index in [9.17, 15) is 4.79 Å². The first-order chi connectivity index (χ1) is 8.65. The quantitative estimate of drug-likeness (QED) is 0.655. The molecular formula is C13H17N3O2. The van der Waals surface area contributed by atoms with Crippen LogP contribution < -0.4 is 11.1 Å². The van der Waals surface area contributed by atoms with Crippen LogP contribution in [0.3, 0.4) is 0 Å². The number of rotatable bonds is 6. The molecule has 5 heteroatoms. The van der Waals surface area contributed by atoms with Gasteiger partial charge in [0, 0.05) is 19.0 Å². The lowest BCUT2D eigenvalue weighted by Crippen LogP contribution is -2.34. The molecule has 0 fully saturated rings. The number of aliphatic hydroxyl groups is 1. The van der Waals surface area contributed by atoms with Crippen molar-refractivity contribution in [1.29, 1.82) is 5.26 Å². The van der Waals surface area contributed by atoms with Gasteiger partial charge >= 0.3 is 0 Å². The predicted molar refractivity (Wildman–Crippen MR) is 67.5 cm³/mol. The summed E-state index contributed by atoms with van der Waals surface area (Å²) in [5.41, 5.74) is 7.46. The first kappa shape index (κ1) is 14.2. The van der Waals surface area contributed by atoms with Crippen LogP contribution in [0.25, 0.3) is 0 Å². The van der Waals surface area contributed by atoms with E-state index in [4.69, 9.17) is 16.1 Å².